The SMILES string of the molecule is Cc1ccc(C(N)C(=O)NC2CCCN(Cc3c(F)cccc3F)C2)cc1. The summed E-state index contributed by atoms with van der Waals surface area (Å²) >= 11 is 0. The smallest absolute Gasteiger partial charge is 0.241 e. The van der Waals surface area contributed by atoms with Crippen molar-refractivity contribution in [3.63, 3.8) is 0 Å². The Balaban J connectivity index is 1.59. The standard InChI is InChI=1S/C21H25F2N3O/c1-14-7-9-15(10-8-14)20(24)21(27)25-16-4-3-11-26(12-16)13-17-18(22)5-2-6-19(17)23/h2,5-10,16,20H,3-4,11-13,24H2,1H3,(H,25,27). The number of amides is 1. The van der Waals surface area contributed by atoms with Crippen LogP contribution in [0.2, 0.25) is 0 Å². The molecule has 1 saturated heterocycles. The van der Waals surface area contributed by atoms with Crippen LogP contribution in [0.1, 0.15) is 35.6 Å². The van der Waals surface area contributed by atoms with E-state index < -0.39 is 17.7 Å². The minimum absolute atomic E-state index is 0.0702. The minimum Gasteiger partial charge on any atom is -0.350 e. The molecule has 0 saturated carbocycles. The first kappa shape index (κ1) is 19.5. The maximum atomic E-state index is 13.9. The van der Waals surface area contributed by atoms with Gasteiger partial charge in [-0.1, -0.05) is 35.9 Å². The van der Waals surface area contributed by atoms with Crippen molar-refractivity contribution >= 4 is 5.91 Å². The van der Waals surface area contributed by atoms with Crippen LogP contribution in [0.25, 0.3) is 0 Å². The molecule has 2 unspecified atom stereocenters. The molecule has 0 bridgehead atoms. The Morgan fingerprint density at radius 3 is 2.56 bits per heavy atom. The van der Waals surface area contributed by atoms with E-state index in [1.165, 1.54) is 18.2 Å². The first-order valence-electron chi connectivity index (χ1n) is 9.22. The second-order valence-corrected chi connectivity index (χ2v) is 7.17. The van der Waals surface area contributed by atoms with Crippen molar-refractivity contribution in [3.8, 4) is 0 Å². The van der Waals surface area contributed by atoms with E-state index in [2.05, 4.69) is 5.32 Å². The van der Waals surface area contributed by atoms with Gasteiger partial charge in [-0.25, -0.2) is 8.78 Å². The van der Waals surface area contributed by atoms with Gasteiger partial charge in [0.2, 0.25) is 5.91 Å². The van der Waals surface area contributed by atoms with Crippen LogP contribution < -0.4 is 11.1 Å². The number of rotatable bonds is 5. The molecule has 1 amide bonds. The third kappa shape index (κ3) is 4.90. The average molecular weight is 373 g/mol. The highest BCUT2D eigenvalue weighted by molar-refractivity contribution is 5.83. The summed E-state index contributed by atoms with van der Waals surface area (Å²) in [6, 6.07) is 10.6. The number of nitrogens with zero attached hydrogens (tertiary/aromatic N) is 1. The summed E-state index contributed by atoms with van der Waals surface area (Å²) in [7, 11) is 0. The normalized spacial score (nSPS) is 18.9. The monoisotopic (exact) mass is 373 g/mol. The van der Waals surface area contributed by atoms with Crippen molar-refractivity contribution in [2.45, 2.75) is 38.4 Å². The van der Waals surface area contributed by atoms with Crippen molar-refractivity contribution in [2.24, 2.45) is 5.73 Å². The summed E-state index contributed by atoms with van der Waals surface area (Å²) in [5, 5.41) is 2.98. The van der Waals surface area contributed by atoms with Crippen LogP contribution in [0.15, 0.2) is 42.5 Å². The van der Waals surface area contributed by atoms with E-state index in [4.69, 9.17) is 5.73 Å². The van der Waals surface area contributed by atoms with E-state index in [1.807, 2.05) is 36.1 Å². The zero-order chi connectivity index (χ0) is 19.4. The summed E-state index contributed by atoms with van der Waals surface area (Å²) in [5.41, 5.74) is 8.02. The lowest BCUT2D eigenvalue weighted by atomic mass is 10.0. The van der Waals surface area contributed by atoms with Crippen molar-refractivity contribution in [1.82, 2.24) is 10.2 Å². The maximum absolute atomic E-state index is 13.9. The Morgan fingerprint density at radius 2 is 1.89 bits per heavy atom. The molecule has 3 N–H and O–H groups in total. The van der Waals surface area contributed by atoms with Gasteiger partial charge in [0, 0.05) is 24.7 Å². The molecule has 1 heterocycles. The topological polar surface area (TPSA) is 58.4 Å². The predicted molar refractivity (Wildman–Crippen MR) is 101 cm³/mol. The van der Waals surface area contributed by atoms with Crippen LogP contribution >= 0.6 is 0 Å². The number of hydrogen-bond acceptors (Lipinski definition) is 3. The van der Waals surface area contributed by atoms with Gasteiger partial charge < -0.3 is 11.1 Å². The molecule has 0 aromatic heterocycles. The molecule has 0 aliphatic carbocycles. The number of hydrogen-bond donors (Lipinski definition) is 2. The van der Waals surface area contributed by atoms with Crippen molar-refractivity contribution in [3.05, 3.63) is 70.8 Å². The highest BCUT2D eigenvalue weighted by atomic mass is 19.1. The van der Waals surface area contributed by atoms with Crippen molar-refractivity contribution in [2.75, 3.05) is 13.1 Å². The van der Waals surface area contributed by atoms with Gasteiger partial charge in [-0.05, 0) is 44.0 Å². The lowest BCUT2D eigenvalue weighted by molar-refractivity contribution is -0.123. The number of nitrogens with two attached hydrogens (primary N) is 1. The molecule has 1 fully saturated rings. The molecule has 6 heteroatoms. The Hall–Kier alpha value is -2.31. The third-order valence-electron chi connectivity index (χ3n) is 5.01. The maximum Gasteiger partial charge on any atom is 0.241 e. The average Bonchev–Trinajstić information content (AvgIpc) is 2.65. The molecule has 0 spiro atoms. The van der Waals surface area contributed by atoms with Crippen molar-refractivity contribution < 1.29 is 13.6 Å². The molecule has 4 nitrogen and oxygen atoms in total. The Bertz CT molecular complexity index is 774. The fourth-order valence-electron chi connectivity index (χ4n) is 3.44. The summed E-state index contributed by atoms with van der Waals surface area (Å²) in [6.07, 6.45) is 1.67. The second-order valence-electron chi connectivity index (χ2n) is 7.17. The van der Waals surface area contributed by atoms with Crippen LogP contribution in [0.5, 0.6) is 0 Å². The fourth-order valence-corrected chi connectivity index (χ4v) is 3.44. The largest absolute Gasteiger partial charge is 0.350 e. The number of nitrogens with one attached hydrogen (secondary N) is 1. The van der Waals surface area contributed by atoms with E-state index in [1.54, 1.807) is 0 Å². The lowest BCUT2D eigenvalue weighted by Gasteiger charge is -2.33. The summed E-state index contributed by atoms with van der Waals surface area (Å²) in [4.78, 5) is 14.5. The Labute approximate surface area is 158 Å². The number of halogens is 2. The molecule has 2 aromatic rings. The van der Waals surface area contributed by atoms with E-state index in [-0.39, 0.29) is 24.1 Å². The van der Waals surface area contributed by atoms with E-state index in [0.717, 1.165) is 30.5 Å². The van der Waals surface area contributed by atoms with Crippen LogP contribution in [-0.4, -0.2) is 29.9 Å². The molecule has 1 aliphatic heterocycles. The number of carbonyl (C=O) groups is 1. The molecule has 2 atom stereocenters. The number of aryl methyl sites for hydroxylation is 1. The van der Waals surface area contributed by atoms with Gasteiger partial charge in [0.15, 0.2) is 0 Å². The van der Waals surface area contributed by atoms with Crippen LogP contribution in [-0.2, 0) is 11.3 Å². The fraction of sp³-hybridized carbons (Fsp3) is 0.381. The van der Waals surface area contributed by atoms with Crippen LogP contribution in [0.4, 0.5) is 8.78 Å². The minimum atomic E-state index is -0.731. The van der Waals surface area contributed by atoms with Gasteiger partial charge in [-0.2, -0.15) is 0 Å². The molecule has 1 aliphatic rings. The summed E-state index contributed by atoms with van der Waals surface area (Å²) in [6.45, 7) is 3.45. The molecular formula is C21H25F2N3O. The first-order chi connectivity index (χ1) is 12.9. The van der Waals surface area contributed by atoms with Crippen molar-refractivity contribution in [1.29, 1.82) is 0 Å². The molecule has 3 rings (SSSR count). The lowest BCUT2D eigenvalue weighted by Crippen LogP contribution is -2.49. The van der Waals surface area contributed by atoms with Crippen LogP contribution in [0.3, 0.4) is 0 Å². The molecular weight excluding hydrogens is 348 g/mol. The summed E-state index contributed by atoms with van der Waals surface area (Å²) < 4.78 is 27.8. The van der Waals surface area contributed by atoms with E-state index in [9.17, 15) is 13.6 Å². The number of piperidine rings is 1. The van der Waals surface area contributed by atoms with Crippen LogP contribution in [0, 0.1) is 18.6 Å². The zero-order valence-corrected chi connectivity index (χ0v) is 15.4. The van der Waals surface area contributed by atoms with Gasteiger partial charge in [-0.3, -0.25) is 9.69 Å². The van der Waals surface area contributed by atoms with Gasteiger partial charge in [0.05, 0.1) is 0 Å². The second kappa shape index (κ2) is 8.59. The van der Waals surface area contributed by atoms with E-state index in [0.29, 0.717) is 6.54 Å². The number of carbonyl (C=O) groups excluding carboxylic acids is 1. The highest BCUT2D eigenvalue weighted by Gasteiger charge is 2.25. The quantitative estimate of drug-likeness (QED) is 0.847. The highest BCUT2D eigenvalue weighted by Crippen LogP contribution is 2.19. The van der Waals surface area contributed by atoms with Gasteiger partial charge in [0.1, 0.15) is 17.7 Å². The molecule has 2 aromatic carbocycles. The third-order valence-corrected chi connectivity index (χ3v) is 5.01. The first-order valence-corrected chi connectivity index (χ1v) is 9.22. The number of benzene rings is 2. The molecule has 0 radical (unpaired) electrons. The Morgan fingerprint density at radius 1 is 1.22 bits per heavy atom. The predicted octanol–water partition coefficient (Wildman–Crippen LogP) is 3.05. The van der Waals surface area contributed by atoms with Gasteiger partial charge in [0.25, 0.3) is 0 Å². The molecule has 27 heavy (non-hydrogen) atoms. The zero-order valence-electron chi connectivity index (χ0n) is 15.4. The number of likely N-dealkylation sites (tertiary alicyclic amines) is 1. The molecule has 144 valence electrons. The summed E-state index contributed by atoms with van der Waals surface area (Å²) in [5.74, 6) is -1.31. The Kier molecular flexibility index (Phi) is 6.19. The van der Waals surface area contributed by atoms with Gasteiger partial charge >= 0.3 is 0 Å². The van der Waals surface area contributed by atoms with E-state index >= 15 is 0 Å². The van der Waals surface area contributed by atoms with Gasteiger partial charge in [-0.15, -0.1) is 0 Å².